The standard InChI is InChI=1S/C16H21N3/c1-19(14-16-10-5-6-11-18-16)13-7-12-17-15-8-3-2-4-9-15/h2-6,8-11,17H,7,12-14H2,1H3. The molecule has 3 nitrogen and oxygen atoms in total. The molecule has 0 atom stereocenters. The van der Waals surface area contributed by atoms with Crippen molar-refractivity contribution >= 4 is 5.69 Å². The zero-order valence-electron chi connectivity index (χ0n) is 11.4. The third kappa shape index (κ3) is 5.10. The molecule has 0 amide bonds. The molecule has 3 heteroatoms. The lowest BCUT2D eigenvalue weighted by Crippen LogP contribution is -2.21. The van der Waals surface area contributed by atoms with Gasteiger partial charge in [0.05, 0.1) is 5.69 Å². The van der Waals surface area contributed by atoms with Gasteiger partial charge in [0.25, 0.3) is 0 Å². The van der Waals surface area contributed by atoms with Crippen molar-refractivity contribution < 1.29 is 0 Å². The summed E-state index contributed by atoms with van der Waals surface area (Å²) in [6, 6.07) is 16.4. The second-order valence-corrected chi connectivity index (χ2v) is 4.71. The monoisotopic (exact) mass is 255 g/mol. The number of nitrogens with one attached hydrogen (secondary N) is 1. The van der Waals surface area contributed by atoms with Gasteiger partial charge in [-0.25, -0.2) is 0 Å². The first-order valence-corrected chi connectivity index (χ1v) is 6.72. The van der Waals surface area contributed by atoms with E-state index in [1.165, 1.54) is 5.69 Å². The Labute approximate surface area is 115 Å². The highest BCUT2D eigenvalue weighted by atomic mass is 15.1. The average Bonchev–Trinajstić information content (AvgIpc) is 2.46. The lowest BCUT2D eigenvalue weighted by atomic mass is 10.3. The quantitative estimate of drug-likeness (QED) is 0.771. The van der Waals surface area contributed by atoms with Crippen molar-refractivity contribution in [1.29, 1.82) is 0 Å². The van der Waals surface area contributed by atoms with E-state index < -0.39 is 0 Å². The number of aromatic nitrogens is 1. The van der Waals surface area contributed by atoms with Crippen molar-refractivity contribution in [1.82, 2.24) is 9.88 Å². The summed E-state index contributed by atoms with van der Waals surface area (Å²) in [6.45, 7) is 2.97. The molecule has 2 aromatic rings. The number of hydrogen-bond acceptors (Lipinski definition) is 3. The summed E-state index contributed by atoms with van der Waals surface area (Å²) in [7, 11) is 2.14. The number of anilines is 1. The van der Waals surface area contributed by atoms with Crippen LogP contribution in [0, 0.1) is 0 Å². The summed E-state index contributed by atoms with van der Waals surface area (Å²) in [4.78, 5) is 6.64. The topological polar surface area (TPSA) is 28.2 Å². The van der Waals surface area contributed by atoms with E-state index in [0.717, 1.165) is 31.7 Å². The Morgan fingerprint density at radius 2 is 1.84 bits per heavy atom. The van der Waals surface area contributed by atoms with Crippen molar-refractivity contribution in [3.8, 4) is 0 Å². The maximum absolute atomic E-state index is 4.34. The number of pyridine rings is 1. The van der Waals surface area contributed by atoms with Gasteiger partial charge in [-0.15, -0.1) is 0 Å². The van der Waals surface area contributed by atoms with Gasteiger partial charge in [-0.05, 0) is 44.3 Å². The van der Waals surface area contributed by atoms with Crippen LogP contribution in [0.2, 0.25) is 0 Å². The molecule has 0 saturated heterocycles. The summed E-state index contributed by atoms with van der Waals surface area (Å²) in [5, 5.41) is 3.42. The fourth-order valence-corrected chi connectivity index (χ4v) is 1.98. The van der Waals surface area contributed by atoms with Crippen LogP contribution in [0.5, 0.6) is 0 Å². The van der Waals surface area contributed by atoms with E-state index >= 15 is 0 Å². The van der Waals surface area contributed by atoms with E-state index in [1.807, 2.05) is 24.4 Å². The van der Waals surface area contributed by atoms with E-state index in [1.54, 1.807) is 0 Å². The van der Waals surface area contributed by atoms with Crippen LogP contribution in [0.3, 0.4) is 0 Å². The Morgan fingerprint density at radius 3 is 2.58 bits per heavy atom. The lowest BCUT2D eigenvalue weighted by molar-refractivity contribution is 0.321. The van der Waals surface area contributed by atoms with Gasteiger partial charge < -0.3 is 10.2 Å². The normalized spacial score (nSPS) is 10.6. The number of para-hydroxylation sites is 1. The fraction of sp³-hybridized carbons (Fsp3) is 0.312. The molecule has 0 fully saturated rings. The summed E-state index contributed by atoms with van der Waals surface area (Å²) in [5.74, 6) is 0. The van der Waals surface area contributed by atoms with Crippen molar-refractivity contribution in [3.63, 3.8) is 0 Å². The molecule has 2 rings (SSSR count). The summed E-state index contributed by atoms with van der Waals surface area (Å²) in [5.41, 5.74) is 2.32. The Morgan fingerprint density at radius 1 is 1.05 bits per heavy atom. The molecule has 19 heavy (non-hydrogen) atoms. The first kappa shape index (κ1) is 13.6. The number of rotatable bonds is 7. The SMILES string of the molecule is CN(CCCNc1ccccc1)Cc1ccccn1. The minimum atomic E-state index is 0.909. The Balaban J connectivity index is 1.63. The van der Waals surface area contributed by atoms with E-state index in [0.29, 0.717) is 0 Å². The largest absolute Gasteiger partial charge is 0.385 e. The second-order valence-electron chi connectivity index (χ2n) is 4.71. The highest BCUT2D eigenvalue weighted by Gasteiger charge is 2.00. The number of benzene rings is 1. The second kappa shape index (κ2) is 7.54. The Hall–Kier alpha value is -1.87. The molecule has 1 aromatic heterocycles. The number of nitrogens with zero attached hydrogens (tertiary/aromatic N) is 2. The van der Waals surface area contributed by atoms with Gasteiger partial charge in [-0.3, -0.25) is 4.98 Å². The van der Waals surface area contributed by atoms with Gasteiger partial charge in [-0.2, -0.15) is 0 Å². The summed E-state index contributed by atoms with van der Waals surface area (Å²) in [6.07, 6.45) is 2.97. The molecule has 0 aliphatic rings. The van der Waals surface area contributed by atoms with E-state index in [-0.39, 0.29) is 0 Å². The minimum absolute atomic E-state index is 0.909. The molecule has 1 heterocycles. The van der Waals surface area contributed by atoms with Gasteiger partial charge >= 0.3 is 0 Å². The van der Waals surface area contributed by atoms with Gasteiger partial charge in [0.1, 0.15) is 0 Å². The molecule has 0 aliphatic carbocycles. The van der Waals surface area contributed by atoms with E-state index in [4.69, 9.17) is 0 Å². The molecule has 0 spiro atoms. The van der Waals surface area contributed by atoms with Crippen LogP contribution in [0.25, 0.3) is 0 Å². The van der Waals surface area contributed by atoms with Crippen molar-refractivity contribution in [2.45, 2.75) is 13.0 Å². The average molecular weight is 255 g/mol. The molecule has 1 aromatic carbocycles. The molecule has 100 valence electrons. The molecule has 1 N–H and O–H groups in total. The van der Waals surface area contributed by atoms with Crippen LogP contribution < -0.4 is 5.32 Å². The predicted octanol–water partition coefficient (Wildman–Crippen LogP) is 3.02. The smallest absolute Gasteiger partial charge is 0.0543 e. The number of hydrogen-bond donors (Lipinski definition) is 1. The van der Waals surface area contributed by atoms with Crippen LogP contribution in [0.1, 0.15) is 12.1 Å². The first-order valence-electron chi connectivity index (χ1n) is 6.72. The molecule has 0 aliphatic heterocycles. The van der Waals surface area contributed by atoms with Crippen molar-refractivity contribution in [2.24, 2.45) is 0 Å². The third-order valence-corrected chi connectivity index (χ3v) is 2.98. The fourth-order valence-electron chi connectivity index (χ4n) is 1.98. The Kier molecular flexibility index (Phi) is 5.38. The highest BCUT2D eigenvalue weighted by molar-refractivity contribution is 5.42. The molecular formula is C16H21N3. The molecular weight excluding hydrogens is 234 g/mol. The zero-order valence-corrected chi connectivity index (χ0v) is 11.4. The van der Waals surface area contributed by atoms with Gasteiger partial charge in [0, 0.05) is 25.0 Å². The van der Waals surface area contributed by atoms with Gasteiger partial charge in [0.2, 0.25) is 0 Å². The minimum Gasteiger partial charge on any atom is -0.385 e. The van der Waals surface area contributed by atoms with Crippen LogP contribution in [0.4, 0.5) is 5.69 Å². The molecule has 0 radical (unpaired) electrons. The third-order valence-electron chi connectivity index (χ3n) is 2.98. The lowest BCUT2D eigenvalue weighted by Gasteiger charge is -2.16. The maximum atomic E-state index is 4.34. The predicted molar refractivity (Wildman–Crippen MR) is 80.1 cm³/mol. The molecule has 0 saturated carbocycles. The maximum Gasteiger partial charge on any atom is 0.0543 e. The van der Waals surface area contributed by atoms with E-state index in [9.17, 15) is 0 Å². The van der Waals surface area contributed by atoms with E-state index in [2.05, 4.69) is 52.6 Å². The van der Waals surface area contributed by atoms with Crippen LogP contribution in [0.15, 0.2) is 54.7 Å². The van der Waals surface area contributed by atoms with Crippen molar-refractivity contribution in [3.05, 3.63) is 60.4 Å². The Bertz CT molecular complexity index is 456. The molecule has 0 bridgehead atoms. The van der Waals surface area contributed by atoms with Crippen LogP contribution >= 0.6 is 0 Å². The summed E-state index contributed by atoms with van der Waals surface area (Å²) >= 11 is 0. The highest BCUT2D eigenvalue weighted by Crippen LogP contribution is 2.05. The van der Waals surface area contributed by atoms with Crippen LogP contribution in [-0.2, 0) is 6.54 Å². The molecule has 0 unspecified atom stereocenters. The summed E-state index contributed by atoms with van der Waals surface area (Å²) < 4.78 is 0. The zero-order chi connectivity index (χ0) is 13.3. The van der Waals surface area contributed by atoms with Gasteiger partial charge in [-0.1, -0.05) is 24.3 Å². The van der Waals surface area contributed by atoms with Crippen LogP contribution in [-0.4, -0.2) is 30.0 Å². The first-order chi connectivity index (χ1) is 9.34. The van der Waals surface area contributed by atoms with Crippen molar-refractivity contribution in [2.75, 3.05) is 25.5 Å². The van der Waals surface area contributed by atoms with Gasteiger partial charge in [0.15, 0.2) is 0 Å².